The third-order valence-corrected chi connectivity index (χ3v) is 8.47. The highest BCUT2D eigenvalue weighted by atomic mass is 35.5. The standard InChI is InChI=1S/C20H13Cl2F2N5O5S2/c1-25-8-2-3-10-14(6-8)27-20(32)29(18(10)30)16-12(23)4-9(5-13(16)24)26-19(31)28-36(33,34)15-7-11(21)17(22)35-15/h2-7,25H,1H3,(H,27,32)(H2,26,28,31). The van der Waals surface area contributed by atoms with Crippen molar-refractivity contribution in [1.82, 2.24) is 14.3 Å². The van der Waals surface area contributed by atoms with Crippen LogP contribution in [0.1, 0.15) is 0 Å². The summed E-state index contributed by atoms with van der Waals surface area (Å²) < 4.78 is 55.9. The summed E-state index contributed by atoms with van der Waals surface area (Å²) >= 11 is 12.0. The number of H-pyrrole nitrogens is 1. The van der Waals surface area contributed by atoms with Gasteiger partial charge in [-0.1, -0.05) is 23.2 Å². The van der Waals surface area contributed by atoms with Crippen molar-refractivity contribution >= 4 is 72.9 Å². The number of rotatable bonds is 5. The molecule has 0 saturated heterocycles. The highest BCUT2D eigenvalue weighted by Gasteiger charge is 2.23. The summed E-state index contributed by atoms with van der Waals surface area (Å²) in [4.78, 5) is 39.9. The monoisotopic (exact) mass is 575 g/mol. The summed E-state index contributed by atoms with van der Waals surface area (Å²) in [7, 11) is -2.76. The third-order valence-electron chi connectivity index (χ3n) is 4.80. The molecule has 4 N–H and O–H groups in total. The molecular formula is C20H13Cl2F2N5O5S2. The Balaban J connectivity index is 1.66. The maximum absolute atomic E-state index is 14.9. The smallest absolute Gasteiger partial charge is 0.333 e. The SMILES string of the molecule is CNc1ccc2c(=O)n(-c3c(F)cc(NC(=O)NS(=O)(=O)c4cc(Cl)c(Cl)s4)cc3F)c(=O)[nH]c2c1. The van der Waals surface area contributed by atoms with Gasteiger partial charge in [0.15, 0.2) is 11.6 Å². The van der Waals surface area contributed by atoms with Crippen molar-refractivity contribution in [2.45, 2.75) is 4.21 Å². The van der Waals surface area contributed by atoms with Crippen LogP contribution in [0, 0.1) is 11.6 Å². The molecule has 188 valence electrons. The van der Waals surface area contributed by atoms with E-state index in [-0.39, 0.29) is 29.0 Å². The van der Waals surface area contributed by atoms with Crippen molar-refractivity contribution in [1.29, 1.82) is 0 Å². The van der Waals surface area contributed by atoms with E-state index in [0.717, 1.165) is 6.07 Å². The minimum atomic E-state index is -4.39. The summed E-state index contributed by atoms with van der Waals surface area (Å²) in [6.07, 6.45) is 0. The number of aromatic amines is 1. The van der Waals surface area contributed by atoms with Gasteiger partial charge >= 0.3 is 11.7 Å². The molecule has 2 amide bonds. The summed E-state index contributed by atoms with van der Waals surface area (Å²) in [5, 5.41) is 4.76. The van der Waals surface area contributed by atoms with Gasteiger partial charge in [-0.15, -0.1) is 11.3 Å². The lowest BCUT2D eigenvalue weighted by Gasteiger charge is -2.12. The van der Waals surface area contributed by atoms with E-state index in [9.17, 15) is 31.6 Å². The highest BCUT2D eigenvalue weighted by molar-refractivity contribution is 7.92. The van der Waals surface area contributed by atoms with Gasteiger partial charge in [0.05, 0.1) is 15.9 Å². The fourth-order valence-corrected chi connectivity index (χ4v) is 6.00. The average Bonchev–Trinajstić information content (AvgIpc) is 3.13. The Bertz CT molecular complexity index is 1730. The van der Waals surface area contributed by atoms with Crippen LogP contribution >= 0.6 is 34.5 Å². The number of fused-ring (bicyclic) bond motifs is 1. The van der Waals surface area contributed by atoms with Gasteiger partial charge in [-0.05, 0) is 36.4 Å². The van der Waals surface area contributed by atoms with Crippen molar-refractivity contribution in [2.75, 3.05) is 17.7 Å². The normalized spacial score (nSPS) is 11.5. The first-order valence-electron chi connectivity index (χ1n) is 9.66. The number of sulfonamides is 1. The van der Waals surface area contributed by atoms with Crippen molar-refractivity contribution in [2.24, 2.45) is 0 Å². The molecule has 10 nitrogen and oxygen atoms in total. The lowest BCUT2D eigenvalue weighted by atomic mass is 10.2. The minimum absolute atomic E-state index is 0.00651. The average molecular weight is 576 g/mol. The van der Waals surface area contributed by atoms with Gasteiger partial charge in [-0.2, -0.15) is 0 Å². The number of benzene rings is 2. The van der Waals surface area contributed by atoms with Crippen LogP contribution in [0.5, 0.6) is 0 Å². The van der Waals surface area contributed by atoms with E-state index in [1.165, 1.54) is 18.2 Å². The maximum atomic E-state index is 14.9. The van der Waals surface area contributed by atoms with E-state index in [1.54, 1.807) is 11.8 Å². The Labute approximate surface area is 214 Å². The number of nitrogens with one attached hydrogen (secondary N) is 4. The number of amides is 2. The highest BCUT2D eigenvalue weighted by Crippen LogP contribution is 2.34. The largest absolute Gasteiger partial charge is 0.388 e. The summed E-state index contributed by atoms with van der Waals surface area (Å²) in [6, 6.07) is 5.30. The quantitative estimate of drug-likeness (QED) is 0.284. The number of thiophene rings is 1. The minimum Gasteiger partial charge on any atom is -0.388 e. The second-order valence-corrected chi connectivity index (χ2v) is 11.1. The number of hydrogen-bond donors (Lipinski definition) is 4. The molecule has 0 aliphatic carbocycles. The number of urea groups is 1. The van der Waals surface area contributed by atoms with Crippen molar-refractivity contribution in [3.8, 4) is 5.69 Å². The molecule has 0 aliphatic heterocycles. The number of halogens is 4. The summed E-state index contributed by atoms with van der Waals surface area (Å²) in [5.41, 5.74) is -2.81. The predicted molar refractivity (Wildman–Crippen MR) is 133 cm³/mol. The van der Waals surface area contributed by atoms with Gasteiger partial charge in [0.25, 0.3) is 15.6 Å². The predicted octanol–water partition coefficient (Wildman–Crippen LogP) is 3.88. The zero-order valence-electron chi connectivity index (χ0n) is 17.8. The van der Waals surface area contributed by atoms with Gasteiger partial charge in [0.2, 0.25) is 0 Å². The Hall–Kier alpha value is -3.46. The second-order valence-electron chi connectivity index (χ2n) is 7.12. The first-order valence-corrected chi connectivity index (χ1v) is 12.7. The Kier molecular flexibility index (Phi) is 6.79. The van der Waals surface area contributed by atoms with Crippen LogP contribution in [0.4, 0.5) is 25.0 Å². The van der Waals surface area contributed by atoms with Crippen molar-refractivity contribution < 1.29 is 22.0 Å². The number of carbonyl (C=O) groups excluding carboxylic acids is 1. The fourth-order valence-electron chi connectivity index (χ4n) is 3.22. The molecule has 2 aromatic heterocycles. The Morgan fingerprint density at radius 1 is 1.06 bits per heavy atom. The van der Waals surface area contributed by atoms with E-state index >= 15 is 0 Å². The molecule has 0 spiro atoms. The van der Waals surface area contributed by atoms with Gasteiger partial charge in [-0.25, -0.2) is 36.1 Å². The molecule has 2 heterocycles. The lowest BCUT2D eigenvalue weighted by molar-refractivity contribution is 0.256. The molecule has 0 bridgehead atoms. The van der Waals surface area contributed by atoms with Crippen LogP contribution in [-0.4, -0.2) is 31.0 Å². The number of anilines is 2. The lowest BCUT2D eigenvalue weighted by Crippen LogP contribution is -2.35. The van der Waals surface area contributed by atoms with E-state index in [1.807, 2.05) is 5.32 Å². The summed E-state index contributed by atoms with van der Waals surface area (Å²) in [5.74, 6) is -2.74. The van der Waals surface area contributed by atoms with Gasteiger partial charge in [0, 0.05) is 18.4 Å². The molecule has 4 aromatic rings. The van der Waals surface area contributed by atoms with Gasteiger partial charge in [0.1, 0.15) is 14.2 Å². The van der Waals surface area contributed by atoms with Gasteiger partial charge in [-0.3, -0.25) is 4.79 Å². The van der Waals surface area contributed by atoms with E-state index in [4.69, 9.17) is 23.2 Å². The fraction of sp³-hybridized carbons (Fsp3) is 0.0500. The van der Waals surface area contributed by atoms with Crippen LogP contribution in [-0.2, 0) is 10.0 Å². The Morgan fingerprint density at radius 2 is 1.72 bits per heavy atom. The molecule has 0 unspecified atom stereocenters. The van der Waals surface area contributed by atoms with Crippen LogP contribution in [0.3, 0.4) is 0 Å². The van der Waals surface area contributed by atoms with Crippen LogP contribution in [0.15, 0.2) is 50.2 Å². The third kappa shape index (κ3) is 4.80. The van der Waals surface area contributed by atoms with Gasteiger partial charge < -0.3 is 15.6 Å². The van der Waals surface area contributed by atoms with Crippen LogP contribution in [0.25, 0.3) is 16.6 Å². The summed E-state index contributed by atoms with van der Waals surface area (Å²) in [6.45, 7) is 0. The molecule has 0 radical (unpaired) electrons. The first kappa shape index (κ1) is 25.6. The molecule has 0 atom stereocenters. The van der Waals surface area contributed by atoms with Crippen molar-refractivity contribution in [3.05, 3.63) is 78.2 Å². The number of hydrogen-bond acceptors (Lipinski definition) is 7. The first-order chi connectivity index (χ1) is 16.9. The van der Waals surface area contributed by atoms with E-state index in [2.05, 4.69) is 10.3 Å². The van der Waals surface area contributed by atoms with Crippen LogP contribution in [0.2, 0.25) is 9.36 Å². The number of aromatic nitrogens is 2. The van der Waals surface area contributed by atoms with Crippen molar-refractivity contribution in [3.63, 3.8) is 0 Å². The Morgan fingerprint density at radius 3 is 2.31 bits per heavy atom. The molecule has 16 heteroatoms. The molecule has 0 fully saturated rings. The zero-order chi connectivity index (χ0) is 26.4. The molecular weight excluding hydrogens is 563 g/mol. The molecule has 0 saturated carbocycles. The molecule has 0 aliphatic rings. The van der Waals surface area contributed by atoms with E-state index < -0.39 is 50.3 Å². The number of carbonyl (C=O) groups is 1. The topological polar surface area (TPSA) is 142 Å². The second kappa shape index (κ2) is 9.54. The van der Waals surface area contributed by atoms with E-state index in [0.29, 0.717) is 29.2 Å². The molecule has 4 rings (SSSR count). The van der Waals surface area contributed by atoms with Crippen LogP contribution < -0.4 is 26.6 Å². The zero-order valence-corrected chi connectivity index (χ0v) is 20.9. The molecule has 2 aromatic carbocycles. The maximum Gasteiger partial charge on any atom is 0.333 e. The molecule has 36 heavy (non-hydrogen) atoms. The number of nitrogens with zero attached hydrogens (tertiary/aromatic N) is 1.